The molecule has 1 aliphatic rings. The summed E-state index contributed by atoms with van der Waals surface area (Å²) in [4.78, 5) is 35.3. The van der Waals surface area contributed by atoms with E-state index in [9.17, 15) is 27.2 Å². The third-order valence-electron chi connectivity index (χ3n) is 7.99. The molecule has 0 bridgehead atoms. The lowest BCUT2D eigenvalue weighted by Gasteiger charge is -2.23. The van der Waals surface area contributed by atoms with Crippen molar-refractivity contribution in [3.05, 3.63) is 70.9 Å². The Kier molecular flexibility index (Phi) is 10.1. The largest absolute Gasteiger partial charge is 0.405 e. The summed E-state index contributed by atoms with van der Waals surface area (Å²) in [6, 6.07) is 6.44. The molecule has 14 heteroatoms. The van der Waals surface area contributed by atoms with Gasteiger partial charge in [-0.1, -0.05) is 42.5 Å². The highest BCUT2D eigenvalue weighted by molar-refractivity contribution is 6.34. The molecule has 0 atom stereocenters. The smallest absolute Gasteiger partial charge is 0.383 e. The number of nitrogen functional groups attached to an aromatic ring is 1. The van der Waals surface area contributed by atoms with E-state index in [2.05, 4.69) is 38.6 Å². The molecule has 48 heavy (non-hydrogen) atoms. The molecular weight excluding hydrogens is 650 g/mol. The summed E-state index contributed by atoms with van der Waals surface area (Å²) >= 11 is 6.46. The predicted octanol–water partition coefficient (Wildman–Crippen LogP) is 6.40. The van der Waals surface area contributed by atoms with Crippen LogP contribution in [-0.2, 0) is 11.8 Å². The molecule has 4 heterocycles. The molecule has 250 valence electrons. The molecule has 1 saturated heterocycles. The Morgan fingerprint density at radius 2 is 1.85 bits per heavy atom. The number of carbonyl (C=O) groups is 2. The zero-order valence-corrected chi connectivity index (χ0v) is 26.9. The number of fused-ring (bicyclic) bond motifs is 1. The second-order valence-corrected chi connectivity index (χ2v) is 11.9. The highest BCUT2D eigenvalue weighted by Gasteiger charge is 2.29. The van der Waals surface area contributed by atoms with Gasteiger partial charge in [-0.2, -0.15) is 13.2 Å². The molecule has 1 fully saturated rings. The number of nitrogens with zero attached hydrogens (tertiary/aromatic N) is 4. The lowest BCUT2D eigenvalue weighted by Crippen LogP contribution is -2.34. The van der Waals surface area contributed by atoms with E-state index in [1.807, 2.05) is 11.6 Å². The number of likely N-dealkylation sites (tertiary alicyclic amines) is 1. The third-order valence-corrected chi connectivity index (χ3v) is 8.28. The number of benzene rings is 1. The van der Waals surface area contributed by atoms with Crippen LogP contribution in [0.25, 0.3) is 33.3 Å². The van der Waals surface area contributed by atoms with Crippen molar-refractivity contribution < 1.29 is 27.2 Å². The highest BCUT2D eigenvalue weighted by atomic mass is 35.5. The summed E-state index contributed by atoms with van der Waals surface area (Å²) in [5, 5.41) is 4.58. The van der Waals surface area contributed by atoms with Gasteiger partial charge in [-0.15, -0.1) is 0 Å². The van der Waals surface area contributed by atoms with E-state index in [1.165, 1.54) is 18.7 Å². The second kappa shape index (κ2) is 14.0. The number of amides is 2. The van der Waals surface area contributed by atoms with Gasteiger partial charge < -0.3 is 20.9 Å². The molecule has 2 amide bonds. The van der Waals surface area contributed by atoms with Gasteiger partial charge in [0.2, 0.25) is 0 Å². The Labute approximate surface area is 279 Å². The van der Waals surface area contributed by atoms with Gasteiger partial charge in [0, 0.05) is 41.8 Å². The molecule has 9 nitrogen and oxygen atoms in total. The van der Waals surface area contributed by atoms with Crippen LogP contribution in [0.15, 0.2) is 49.1 Å². The Balaban J connectivity index is 1.67. The van der Waals surface area contributed by atoms with E-state index >= 15 is 0 Å². The van der Waals surface area contributed by atoms with Gasteiger partial charge in [0.05, 0.1) is 33.7 Å². The lowest BCUT2D eigenvalue weighted by molar-refractivity contribution is -0.123. The number of hydrogen-bond donors (Lipinski definition) is 3. The van der Waals surface area contributed by atoms with Crippen molar-refractivity contribution in [2.75, 3.05) is 37.2 Å². The number of nitrogens with two attached hydrogens (primary N) is 1. The number of aryl methyl sites for hydroxylation is 2. The summed E-state index contributed by atoms with van der Waals surface area (Å²) < 4.78 is 53.5. The molecule has 0 saturated carbocycles. The number of aromatic nitrogens is 3. The second-order valence-electron chi connectivity index (χ2n) is 11.4. The number of carbonyl (C=O) groups excluding carboxylic acids is 2. The summed E-state index contributed by atoms with van der Waals surface area (Å²) in [5.41, 5.74) is 10.7. The van der Waals surface area contributed by atoms with E-state index < -0.39 is 30.4 Å². The molecule has 0 unspecified atom stereocenters. The maximum atomic E-state index is 13.4. The number of rotatable bonds is 7. The van der Waals surface area contributed by atoms with Gasteiger partial charge in [-0.25, -0.2) is 14.4 Å². The summed E-state index contributed by atoms with van der Waals surface area (Å²) in [6.07, 6.45) is 1.78. The zero-order chi connectivity index (χ0) is 34.7. The van der Waals surface area contributed by atoms with Crippen molar-refractivity contribution in [1.29, 1.82) is 0 Å². The fraction of sp³-hybridized carbons (Fsp3) is 0.294. The van der Waals surface area contributed by atoms with Crippen molar-refractivity contribution in [2.45, 2.75) is 32.4 Å². The van der Waals surface area contributed by atoms with Crippen LogP contribution < -0.4 is 16.4 Å². The molecule has 0 spiro atoms. The van der Waals surface area contributed by atoms with Crippen LogP contribution in [0.5, 0.6) is 0 Å². The molecular formula is C34H32ClF4N7O2. The minimum atomic E-state index is -4.62. The molecule has 0 radical (unpaired) electrons. The first-order valence-electron chi connectivity index (χ1n) is 15.0. The summed E-state index contributed by atoms with van der Waals surface area (Å²) in [5.74, 6) is 3.50. The van der Waals surface area contributed by atoms with Crippen LogP contribution in [0.4, 0.5) is 29.1 Å². The van der Waals surface area contributed by atoms with Crippen molar-refractivity contribution in [3.8, 4) is 34.2 Å². The quantitative estimate of drug-likeness (QED) is 0.118. The zero-order valence-electron chi connectivity index (χ0n) is 26.2. The van der Waals surface area contributed by atoms with Gasteiger partial charge >= 0.3 is 6.18 Å². The standard InChI is InChI=1S/C34H32ClF4N7O2/c1-19-14-23(44-32(47)20(2)36)9-10-24(19)30-26(22-15-25(35)28(41-17-22)33(48)43-18-34(37,38)39)27-29(45(30)3)21(16-42-31(27)40)8-7-13-46-11-5-4-6-12-46/h9-10,14-17H,2,4-6,11-13,18H2,1,3H3,(H2,40,42)(H,43,48)(H,44,47). The fourth-order valence-electron chi connectivity index (χ4n) is 5.77. The number of halogens is 5. The SMILES string of the molecule is C=C(F)C(=O)Nc1ccc(-c2c(-c3cnc(C(=O)NCC(F)(F)F)c(Cl)c3)c3c(N)ncc(C#CCN4CCCCC4)c3n2C)c(C)c1. The number of alkyl halides is 3. The van der Waals surface area contributed by atoms with Gasteiger partial charge in [-0.05, 0) is 56.6 Å². The Bertz CT molecular complexity index is 1990. The first-order chi connectivity index (χ1) is 22.7. The monoisotopic (exact) mass is 681 g/mol. The van der Waals surface area contributed by atoms with E-state index in [0.29, 0.717) is 56.6 Å². The van der Waals surface area contributed by atoms with Crippen molar-refractivity contribution in [2.24, 2.45) is 7.05 Å². The van der Waals surface area contributed by atoms with Crippen LogP contribution in [0.1, 0.15) is 40.9 Å². The maximum absolute atomic E-state index is 13.4. The van der Waals surface area contributed by atoms with Crippen LogP contribution in [0, 0.1) is 18.8 Å². The lowest BCUT2D eigenvalue weighted by atomic mass is 9.96. The van der Waals surface area contributed by atoms with Crippen molar-refractivity contribution in [1.82, 2.24) is 24.8 Å². The van der Waals surface area contributed by atoms with E-state index in [0.717, 1.165) is 25.9 Å². The van der Waals surface area contributed by atoms with Crippen molar-refractivity contribution in [3.63, 3.8) is 0 Å². The van der Waals surface area contributed by atoms with E-state index in [4.69, 9.17) is 17.3 Å². The minimum Gasteiger partial charge on any atom is -0.383 e. The van der Waals surface area contributed by atoms with Gasteiger partial charge in [-0.3, -0.25) is 14.5 Å². The number of nitrogens with one attached hydrogen (secondary N) is 2. The van der Waals surface area contributed by atoms with Crippen LogP contribution in [-0.4, -0.2) is 63.6 Å². The molecule has 1 aliphatic heterocycles. The first kappa shape index (κ1) is 34.4. The molecule has 4 N–H and O–H groups in total. The van der Waals surface area contributed by atoms with Crippen LogP contribution in [0.3, 0.4) is 0 Å². The average Bonchev–Trinajstić information content (AvgIpc) is 3.34. The van der Waals surface area contributed by atoms with Crippen molar-refractivity contribution >= 4 is 45.8 Å². The average molecular weight is 682 g/mol. The number of piperidine rings is 1. The van der Waals surface area contributed by atoms with Gasteiger partial charge in [0.15, 0.2) is 5.83 Å². The minimum absolute atomic E-state index is 0.176. The van der Waals surface area contributed by atoms with Gasteiger partial charge in [0.25, 0.3) is 11.8 Å². The summed E-state index contributed by atoms with van der Waals surface area (Å²) in [7, 11) is 1.83. The number of pyridine rings is 2. The molecule has 1 aromatic carbocycles. The third kappa shape index (κ3) is 7.45. The molecule has 0 aliphatic carbocycles. The van der Waals surface area contributed by atoms with Gasteiger partial charge in [0.1, 0.15) is 18.1 Å². The molecule has 4 aromatic rings. The first-order valence-corrected chi connectivity index (χ1v) is 15.4. The van der Waals surface area contributed by atoms with E-state index in [-0.39, 0.29) is 16.5 Å². The highest BCUT2D eigenvalue weighted by Crippen LogP contribution is 2.45. The van der Waals surface area contributed by atoms with Crippen LogP contribution >= 0.6 is 11.6 Å². The Morgan fingerprint density at radius 1 is 1.12 bits per heavy atom. The Morgan fingerprint density at radius 3 is 2.50 bits per heavy atom. The van der Waals surface area contributed by atoms with E-state index in [1.54, 1.807) is 36.6 Å². The molecule has 5 rings (SSSR count). The maximum Gasteiger partial charge on any atom is 0.405 e. The molecule has 3 aromatic heterocycles. The summed E-state index contributed by atoms with van der Waals surface area (Å²) in [6.45, 7) is 5.83. The van der Waals surface area contributed by atoms with Crippen LogP contribution in [0.2, 0.25) is 5.02 Å². The predicted molar refractivity (Wildman–Crippen MR) is 178 cm³/mol. The normalized spacial score (nSPS) is 13.6. The number of anilines is 2. The Hall–Kier alpha value is -4.93. The fourth-order valence-corrected chi connectivity index (χ4v) is 6.02. The number of hydrogen-bond acceptors (Lipinski definition) is 6. The topological polar surface area (TPSA) is 118 Å².